The zero-order valence-corrected chi connectivity index (χ0v) is 5.16. The van der Waals surface area contributed by atoms with E-state index in [9.17, 15) is 0 Å². The van der Waals surface area contributed by atoms with E-state index in [1.807, 2.05) is 13.8 Å². The molecule has 0 aliphatic heterocycles. The Bertz CT molecular complexity index is 22.8. The average Bonchev–Trinajstić information content (AvgIpc) is 1.72. The highest BCUT2D eigenvalue weighted by Gasteiger charge is 1.51. The minimum Gasteiger partial charge on any atom is -0.298 e. The van der Waals surface area contributed by atoms with Crippen LogP contribution in [-0.2, 0) is 9.09 Å². The van der Waals surface area contributed by atoms with Gasteiger partial charge in [-0.25, -0.2) is 4.57 Å². The van der Waals surface area contributed by atoms with Gasteiger partial charge in [0.1, 0.15) is 0 Å². The quantitative estimate of drug-likeness (QED) is 0.479. The Balaban J connectivity index is 0. The van der Waals surface area contributed by atoms with Gasteiger partial charge in [-0.15, -0.1) is 0 Å². The normalized spacial score (nSPS) is 6.50. The molecule has 2 nitrogen and oxygen atoms in total. The van der Waals surface area contributed by atoms with Crippen LogP contribution >= 0.6 is 8.69 Å². The molecule has 3 heteroatoms. The molecule has 38 valence electrons. The van der Waals surface area contributed by atoms with Crippen molar-refractivity contribution < 1.29 is 9.09 Å². The van der Waals surface area contributed by atoms with Gasteiger partial charge in [-0.1, -0.05) is 13.8 Å². The Morgan fingerprint density at radius 2 is 1.67 bits per heavy atom. The van der Waals surface area contributed by atoms with Gasteiger partial charge in [0, 0.05) is 7.11 Å². The van der Waals surface area contributed by atoms with Crippen molar-refractivity contribution in [3.05, 3.63) is 0 Å². The molecule has 0 aromatic rings. The van der Waals surface area contributed by atoms with Crippen molar-refractivity contribution in [3.63, 3.8) is 0 Å². The molecule has 0 amide bonds. The molecule has 0 heterocycles. The van der Waals surface area contributed by atoms with E-state index in [4.69, 9.17) is 4.57 Å². The standard InChI is InChI=1S/C2H6.CH3O2P/c1-2;1-3-4-2/h1-2H3;1H3. The number of hydrogen-bond acceptors (Lipinski definition) is 2. The molecule has 6 heavy (non-hydrogen) atoms. The predicted octanol–water partition coefficient (Wildman–Crippen LogP) is 1.87. The maximum absolute atomic E-state index is 9.05. The van der Waals surface area contributed by atoms with Gasteiger partial charge >= 0.3 is 8.69 Å². The Hall–Kier alpha value is 0.0600. The lowest BCUT2D eigenvalue weighted by Gasteiger charge is -1.57. The van der Waals surface area contributed by atoms with Crippen LogP contribution in [0.2, 0.25) is 0 Å². The van der Waals surface area contributed by atoms with Crippen LogP contribution in [0, 0.1) is 0 Å². The summed E-state index contributed by atoms with van der Waals surface area (Å²) in [6, 6.07) is 0. The summed E-state index contributed by atoms with van der Waals surface area (Å²) in [6.07, 6.45) is 0. The molecule has 0 saturated carbocycles. The van der Waals surface area contributed by atoms with Crippen LogP contribution in [-0.4, -0.2) is 7.11 Å². The highest BCUT2D eigenvalue weighted by Crippen LogP contribution is 1.83. The van der Waals surface area contributed by atoms with Crippen LogP contribution in [0.5, 0.6) is 0 Å². The molecule has 0 bridgehead atoms. The molecule has 0 aromatic heterocycles. The van der Waals surface area contributed by atoms with Crippen molar-refractivity contribution in [2.45, 2.75) is 13.8 Å². The van der Waals surface area contributed by atoms with Gasteiger partial charge in [0.05, 0.1) is 0 Å². The molecule has 0 unspecified atom stereocenters. The van der Waals surface area contributed by atoms with E-state index in [0.717, 1.165) is 0 Å². The van der Waals surface area contributed by atoms with Gasteiger partial charge in [-0.05, 0) is 0 Å². The van der Waals surface area contributed by atoms with E-state index in [1.54, 1.807) is 0 Å². The second kappa shape index (κ2) is 19.7. The molecule has 0 aliphatic carbocycles. The molecule has 0 N–H and O–H groups in total. The van der Waals surface area contributed by atoms with Crippen LogP contribution in [0.3, 0.4) is 0 Å². The second-order valence-electron chi connectivity index (χ2n) is 0.257. The molecular weight excluding hydrogens is 99.0 g/mol. The van der Waals surface area contributed by atoms with E-state index in [1.165, 1.54) is 7.11 Å². The largest absolute Gasteiger partial charge is 0.327 e. The zero-order chi connectivity index (χ0) is 5.41. The first-order chi connectivity index (χ1) is 2.91. The minimum atomic E-state index is -0.252. The summed E-state index contributed by atoms with van der Waals surface area (Å²) in [4.78, 5) is 0. The van der Waals surface area contributed by atoms with E-state index in [2.05, 4.69) is 4.52 Å². The predicted molar refractivity (Wildman–Crippen MR) is 26.0 cm³/mol. The molecule has 0 saturated heterocycles. The van der Waals surface area contributed by atoms with Crippen LogP contribution in [0.25, 0.3) is 0 Å². The molecule has 0 aliphatic rings. The van der Waals surface area contributed by atoms with Crippen LogP contribution < -0.4 is 0 Å². The summed E-state index contributed by atoms with van der Waals surface area (Å²) in [5.41, 5.74) is 0. The Labute approximate surface area is 39.8 Å². The lowest BCUT2D eigenvalue weighted by atomic mass is 11.0. The fourth-order valence-corrected chi connectivity index (χ4v) is 0. The Morgan fingerprint density at radius 1 is 1.50 bits per heavy atom. The SMILES string of the molecule is CC.COP=O. The summed E-state index contributed by atoms with van der Waals surface area (Å²) in [6.45, 7) is 4.00. The van der Waals surface area contributed by atoms with Crippen molar-refractivity contribution in [2.75, 3.05) is 7.11 Å². The van der Waals surface area contributed by atoms with Gasteiger partial charge in [-0.2, -0.15) is 0 Å². The maximum atomic E-state index is 9.05. The molecule has 0 rings (SSSR count). The van der Waals surface area contributed by atoms with Gasteiger partial charge in [0.2, 0.25) is 0 Å². The summed E-state index contributed by atoms with van der Waals surface area (Å²) in [7, 11) is 1.10. The van der Waals surface area contributed by atoms with Gasteiger partial charge < -0.3 is 0 Å². The van der Waals surface area contributed by atoms with Crippen molar-refractivity contribution in [3.8, 4) is 0 Å². The van der Waals surface area contributed by atoms with Crippen LogP contribution in [0.1, 0.15) is 13.8 Å². The molecule has 0 atom stereocenters. The first-order valence-corrected chi connectivity index (χ1v) is 2.50. The fraction of sp³-hybridized carbons (Fsp3) is 1.00. The number of rotatable bonds is 1. The van der Waals surface area contributed by atoms with Crippen molar-refractivity contribution in [1.29, 1.82) is 0 Å². The van der Waals surface area contributed by atoms with Crippen molar-refractivity contribution in [1.82, 2.24) is 0 Å². The zero-order valence-electron chi connectivity index (χ0n) is 4.26. The van der Waals surface area contributed by atoms with Gasteiger partial charge in [-0.3, -0.25) is 4.52 Å². The van der Waals surface area contributed by atoms with E-state index >= 15 is 0 Å². The third kappa shape index (κ3) is 33.8. The molecule has 0 radical (unpaired) electrons. The van der Waals surface area contributed by atoms with E-state index < -0.39 is 0 Å². The minimum absolute atomic E-state index is 0.252. The molecule has 0 spiro atoms. The monoisotopic (exact) mass is 108 g/mol. The third-order valence-electron chi connectivity index (χ3n) is 0.0745. The summed E-state index contributed by atoms with van der Waals surface area (Å²) in [5.74, 6) is 0. The summed E-state index contributed by atoms with van der Waals surface area (Å²) >= 11 is 0. The Morgan fingerprint density at radius 3 is 1.67 bits per heavy atom. The highest BCUT2D eigenvalue weighted by molar-refractivity contribution is 7.17. The van der Waals surface area contributed by atoms with E-state index in [0.29, 0.717) is 0 Å². The fourth-order valence-electron chi connectivity index (χ4n) is 0. The highest BCUT2D eigenvalue weighted by atomic mass is 31.1. The molecule has 0 aromatic carbocycles. The van der Waals surface area contributed by atoms with Gasteiger partial charge in [0.25, 0.3) is 0 Å². The van der Waals surface area contributed by atoms with Crippen molar-refractivity contribution in [2.24, 2.45) is 0 Å². The molecular formula is C3H9O2P. The van der Waals surface area contributed by atoms with Crippen LogP contribution in [0.4, 0.5) is 0 Å². The maximum Gasteiger partial charge on any atom is 0.327 e. The van der Waals surface area contributed by atoms with Crippen LogP contribution in [0.15, 0.2) is 0 Å². The summed E-state index contributed by atoms with van der Waals surface area (Å²) < 4.78 is 13.0. The average molecular weight is 108 g/mol. The second-order valence-corrected chi connectivity index (χ2v) is 0.771. The topological polar surface area (TPSA) is 26.3 Å². The first-order valence-electron chi connectivity index (χ1n) is 1.77. The van der Waals surface area contributed by atoms with Crippen molar-refractivity contribution >= 4 is 8.69 Å². The smallest absolute Gasteiger partial charge is 0.298 e. The number of hydrogen-bond donors (Lipinski definition) is 0. The lowest BCUT2D eigenvalue weighted by molar-refractivity contribution is 0.433. The van der Waals surface area contributed by atoms with E-state index in [-0.39, 0.29) is 8.69 Å². The summed E-state index contributed by atoms with van der Waals surface area (Å²) in [5, 5.41) is 0. The Kier molecular flexibility index (Phi) is 30.8. The third-order valence-corrected chi connectivity index (χ3v) is 0.224. The molecule has 0 fully saturated rings. The lowest BCUT2D eigenvalue weighted by Crippen LogP contribution is -1.42. The van der Waals surface area contributed by atoms with Gasteiger partial charge in [0.15, 0.2) is 0 Å². The first kappa shape index (κ1) is 9.41.